The van der Waals surface area contributed by atoms with E-state index in [9.17, 15) is 4.39 Å². The molecular weight excluding hydrogens is 265 g/mol. The first-order chi connectivity index (χ1) is 10.1. The molecule has 106 valence electrons. The van der Waals surface area contributed by atoms with Gasteiger partial charge in [-0.2, -0.15) is 0 Å². The molecule has 0 saturated heterocycles. The van der Waals surface area contributed by atoms with Crippen LogP contribution in [0, 0.1) is 19.7 Å². The number of rotatable bonds is 2. The van der Waals surface area contributed by atoms with Crippen molar-refractivity contribution >= 4 is 27.8 Å². The lowest BCUT2D eigenvalue weighted by atomic mass is 10.1. The first-order valence-electron chi connectivity index (χ1n) is 6.73. The minimum Gasteiger partial charge on any atom is -0.398 e. The van der Waals surface area contributed by atoms with Gasteiger partial charge in [-0.3, -0.25) is 4.98 Å². The predicted molar refractivity (Wildman–Crippen MR) is 85.3 cm³/mol. The Bertz CT molecular complexity index is 828. The summed E-state index contributed by atoms with van der Waals surface area (Å²) in [6.45, 7) is 3.68. The molecule has 0 amide bonds. The van der Waals surface area contributed by atoms with Gasteiger partial charge >= 0.3 is 0 Å². The molecule has 1 aromatic heterocycles. The topological polar surface area (TPSA) is 50.9 Å². The van der Waals surface area contributed by atoms with Gasteiger partial charge in [0.2, 0.25) is 0 Å². The summed E-state index contributed by atoms with van der Waals surface area (Å²) in [5.74, 6) is -0.224. The summed E-state index contributed by atoms with van der Waals surface area (Å²) in [4.78, 5) is 4.28. The number of nitrogens with two attached hydrogens (primary N) is 1. The van der Waals surface area contributed by atoms with Crippen LogP contribution < -0.4 is 11.1 Å². The van der Waals surface area contributed by atoms with Crippen LogP contribution in [0.5, 0.6) is 0 Å². The number of aryl methyl sites for hydroxylation is 1. The van der Waals surface area contributed by atoms with Crippen LogP contribution in [0.15, 0.2) is 42.6 Å². The first kappa shape index (κ1) is 13.4. The van der Waals surface area contributed by atoms with E-state index < -0.39 is 0 Å². The van der Waals surface area contributed by atoms with E-state index in [2.05, 4.69) is 10.3 Å². The van der Waals surface area contributed by atoms with E-state index in [4.69, 9.17) is 5.73 Å². The van der Waals surface area contributed by atoms with Gasteiger partial charge in [-0.1, -0.05) is 6.07 Å². The fourth-order valence-electron chi connectivity index (χ4n) is 2.36. The molecule has 2 aromatic carbocycles. The molecule has 4 heteroatoms. The van der Waals surface area contributed by atoms with Crippen molar-refractivity contribution in [1.82, 2.24) is 4.98 Å². The molecular formula is C17H16FN3. The van der Waals surface area contributed by atoms with Crippen LogP contribution in [0.2, 0.25) is 0 Å². The summed E-state index contributed by atoms with van der Waals surface area (Å²) in [7, 11) is 0. The molecule has 0 aliphatic rings. The molecule has 0 radical (unpaired) electrons. The van der Waals surface area contributed by atoms with Crippen molar-refractivity contribution in [2.45, 2.75) is 13.8 Å². The first-order valence-corrected chi connectivity index (χ1v) is 6.73. The second-order valence-corrected chi connectivity index (χ2v) is 5.11. The second-order valence-electron chi connectivity index (χ2n) is 5.11. The third kappa shape index (κ3) is 2.40. The lowest BCUT2D eigenvalue weighted by Gasteiger charge is -2.14. The van der Waals surface area contributed by atoms with Crippen molar-refractivity contribution in [1.29, 1.82) is 0 Å². The molecule has 3 aromatic rings. The van der Waals surface area contributed by atoms with Gasteiger partial charge in [0.15, 0.2) is 0 Å². The molecule has 0 aliphatic heterocycles. The number of aromatic nitrogens is 1. The maximum Gasteiger partial charge on any atom is 0.128 e. The minimum absolute atomic E-state index is 0.224. The average molecular weight is 281 g/mol. The summed E-state index contributed by atoms with van der Waals surface area (Å²) in [6, 6.07) is 10.7. The Balaban J connectivity index is 2.15. The van der Waals surface area contributed by atoms with Gasteiger partial charge in [0.05, 0.1) is 0 Å². The number of nitrogens with one attached hydrogen (secondary N) is 1. The molecule has 0 aliphatic carbocycles. The van der Waals surface area contributed by atoms with Gasteiger partial charge in [0, 0.05) is 45.3 Å². The highest BCUT2D eigenvalue weighted by atomic mass is 19.1. The van der Waals surface area contributed by atoms with Crippen LogP contribution in [0.25, 0.3) is 10.8 Å². The maximum absolute atomic E-state index is 13.7. The predicted octanol–water partition coefficient (Wildman–Crippen LogP) is 4.32. The number of halogens is 1. The van der Waals surface area contributed by atoms with Crippen LogP contribution in [0.3, 0.4) is 0 Å². The number of hydrogen-bond acceptors (Lipinski definition) is 3. The van der Waals surface area contributed by atoms with E-state index >= 15 is 0 Å². The number of nitrogens with zero attached hydrogens (tertiary/aromatic N) is 1. The Morgan fingerprint density at radius 1 is 1.05 bits per heavy atom. The minimum atomic E-state index is -0.224. The highest BCUT2D eigenvalue weighted by Gasteiger charge is 2.08. The molecule has 21 heavy (non-hydrogen) atoms. The average Bonchev–Trinajstić information content (AvgIpc) is 2.46. The highest BCUT2D eigenvalue weighted by molar-refractivity contribution is 6.01. The molecule has 3 nitrogen and oxygen atoms in total. The number of hydrogen-bond donors (Lipinski definition) is 2. The highest BCUT2D eigenvalue weighted by Crippen LogP contribution is 2.31. The van der Waals surface area contributed by atoms with Crippen LogP contribution in [-0.2, 0) is 0 Å². The smallest absolute Gasteiger partial charge is 0.128 e. The Kier molecular flexibility index (Phi) is 3.22. The third-order valence-corrected chi connectivity index (χ3v) is 3.61. The summed E-state index contributed by atoms with van der Waals surface area (Å²) >= 11 is 0. The van der Waals surface area contributed by atoms with Gasteiger partial charge in [-0.15, -0.1) is 0 Å². The van der Waals surface area contributed by atoms with Crippen molar-refractivity contribution < 1.29 is 4.39 Å². The Labute approximate surface area is 122 Å². The van der Waals surface area contributed by atoms with E-state index in [1.807, 2.05) is 31.2 Å². The van der Waals surface area contributed by atoms with Crippen molar-refractivity contribution in [3.05, 3.63) is 59.7 Å². The molecule has 3 rings (SSSR count). The maximum atomic E-state index is 13.7. The molecule has 0 bridgehead atoms. The van der Waals surface area contributed by atoms with Gasteiger partial charge in [-0.25, -0.2) is 4.39 Å². The van der Waals surface area contributed by atoms with E-state index in [1.165, 1.54) is 6.07 Å². The van der Waals surface area contributed by atoms with Crippen LogP contribution >= 0.6 is 0 Å². The van der Waals surface area contributed by atoms with E-state index in [-0.39, 0.29) is 5.82 Å². The van der Waals surface area contributed by atoms with Crippen molar-refractivity contribution in [3.63, 3.8) is 0 Å². The fraction of sp³-hybridized carbons (Fsp3) is 0.118. The third-order valence-electron chi connectivity index (χ3n) is 3.61. The molecule has 0 unspecified atom stereocenters. The molecule has 3 N–H and O–H groups in total. The number of nitrogen functional groups attached to an aromatic ring is 1. The normalized spacial score (nSPS) is 10.8. The van der Waals surface area contributed by atoms with Crippen LogP contribution in [0.4, 0.5) is 21.5 Å². The van der Waals surface area contributed by atoms with Crippen molar-refractivity contribution in [3.8, 4) is 0 Å². The molecule has 0 saturated carbocycles. The molecule has 1 heterocycles. The Hall–Kier alpha value is -2.62. The summed E-state index contributed by atoms with van der Waals surface area (Å²) in [5, 5.41) is 5.15. The quantitative estimate of drug-likeness (QED) is 0.688. The standard InChI is InChI=1S/C17H16FN3/c1-10-8-12-13(9-20-10)15(19)6-7-17(12)21-16-5-3-4-14(18)11(16)2/h3-9,21H,19H2,1-2H3. The van der Waals surface area contributed by atoms with Crippen molar-refractivity contribution in [2.75, 3.05) is 11.1 Å². The zero-order valence-corrected chi connectivity index (χ0v) is 11.9. The van der Waals surface area contributed by atoms with E-state index in [0.717, 1.165) is 27.8 Å². The largest absolute Gasteiger partial charge is 0.398 e. The Morgan fingerprint density at radius 3 is 2.67 bits per heavy atom. The molecule has 0 atom stereocenters. The Morgan fingerprint density at radius 2 is 1.86 bits per heavy atom. The summed E-state index contributed by atoms with van der Waals surface area (Å²) in [5.41, 5.74) is 9.81. The van der Waals surface area contributed by atoms with Crippen LogP contribution in [-0.4, -0.2) is 4.98 Å². The number of benzene rings is 2. The van der Waals surface area contributed by atoms with Gasteiger partial charge in [-0.05, 0) is 44.2 Å². The zero-order chi connectivity index (χ0) is 15.0. The monoisotopic (exact) mass is 281 g/mol. The van der Waals surface area contributed by atoms with Gasteiger partial charge in [0.1, 0.15) is 5.82 Å². The fourth-order valence-corrected chi connectivity index (χ4v) is 2.36. The summed E-state index contributed by atoms with van der Waals surface area (Å²) < 4.78 is 13.7. The number of pyridine rings is 1. The van der Waals surface area contributed by atoms with Gasteiger partial charge < -0.3 is 11.1 Å². The van der Waals surface area contributed by atoms with Crippen molar-refractivity contribution in [2.24, 2.45) is 0 Å². The van der Waals surface area contributed by atoms with Gasteiger partial charge in [0.25, 0.3) is 0 Å². The number of fused-ring (bicyclic) bond motifs is 1. The zero-order valence-electron chi connectivity index (χ0n) is 11.9. The molecule has 0 fully saturated rings. The van der Waals surface area contributed by atoms with Crippen LogP contribution in [0.1, 0.15) is 11.3 Å². The molecule has 0 spiro atoms. The summed E-state index contributed by atoms with van der Waals surface area (Å²) in [6.07, 6.45) is 1.77. The lowest BCUT2D eigenvalue weighted by molar-refractivity contribution is 0.619. The van der Waals surface area contributed by atoms with E-state index in [1.54, 1.807) is 19.2 Å². The SMILES string of the molecule is Cc1cc2c(Nc3cccc(F)c3C)ccc(N)c2cn1. The second kappa shape index (κ2) is 5.05. The lowest BCUT2D eigenvalue weighted by Crippen LogP contribution is -1.98. The number of anilines is 3. The van der Waals surface area contributed by atoms with E-state index in [0.29, 0.717) is 11.3 Å².